The molecule has 3 aromatic rings. The monoisotopic (exact) mass is 522 g/mol. The minimum atomic E-state index is -0.827. The fraction of sp³-hybridized carbons (Fsp3) is 0.269. The molecule has 3 heterocycles. The average molecular weight is 523 g/mol. The molecule has 0 spiro atoms. The van der Waals surface area contributed by atoms with E-state index in [-0.39, 0.29) is 17.9 Å². The van der Waals surface area contributed by atoms with Gasteiger partial charge in [-0.1, -0.05) is 66.8 Å². The number of hydrogen-bond acceptors (Lipinski definition) is 7. The molecule has 1 saturated heterocycles. The van der Waals surface area contributed by atoms with E-state index in [1.807, 2.05) is 36.4 Å². The first-order valence-corrected chi connectivity index (χ1v) is 12.9. The van der Waals surface area contributed by atoms with Crippen molar-refractivity contribution in [3.63, 3.8) is 0 Å². The molecule has 1 aromatic carbocycles. The number of amides is 1. The van der Waals surface area contributed by atoms with E-state index in [2.05, 4.69) is 10.3 Å². The third-order valence-electron chi connectivity index (χ3n) is 5.74. The van der Waals surface area contributed by atoms with Crippen molar-refractivity contribution in [1.29, 1.82) is 0 Å². The highest BCUT2D eigenvalue weighted by molar-refractivity contribution is 8.26. The number of rotatable bonds is 11. The zero-order valence-electron chi connectivity index (χ0n) is 19.6. The number of hydrogen-bond donors (Lipinski definition) is 2. The molecule has 36 heavy (non-hydrogen) atoms. The second kappa shape index (κ2) is 12.0. The fourth-order valence-corrected chi connectivity index (χ4v) is 5.17. The van der Waals surface area contributed by atoms with Crippen LogP contribution in [0.3, 0.4) is 0 Å². The van der Waals surface area contributed by atoms with Gasteiger partial charge >= 0.3 is 5.97 Å². The molecule has 1 amide bonds. The number of unbranched alkanes of at least 4 members (excludes halogenated alkanes) is 2. The van der Waals surface area contributed by atoms with Gasteiger partial charge in [0.25, 0.3) is 11.5 Å². The first kappa shape index (κ1) is 25.6. The van der Waals surface area contributed by atoms with Crippen molar-refractivity contribution < 1.29 is 14.7 Å². The van der Waals surface area contributed by atoms with Crippen LogP contribution in [0.15, 0.2) is 64.4 Å². The van der Waals surface area contributed by atoms with E-state index in [9.17, 15) is 14.4 Å². The molecule has 1 aliphatic heterocycles. The van der Waals surface area contributed by atoms with Crippen LogP contribution in [-0.2, 0) is 16.0 Å². The number of benzene rings is 1. The molecular formula is C26H26N4O4S2. The van der Waals surface area contributed by atoms with Gasteiger partial charge in [0.15, 0.2) is 0 Å². The Morgan fingerprint density at radius 1 is 1.08 bits per heavy atom. The number of thioether (sulfide) groups is 1. The van der Waals surface area contributed by atoms with Crippen LogP contribution < -0.4 is 10.9 Å². The predicted molar refractivity (Wildman–Crippen MR) is 146 cm³/mol. The van der Waals surface area contributed by atoms with Crippen molar-refractivity contribution in [2.45, 2.75) is 32.1 Å². The van der Waals surface area contributed by atoms with E-state index in [4.69, 9.17) is 17.3 Å². The smallest absolute Gasteiger partial charge is 0.303 e. The molecule has 0 unspecified atom stereocenters. The van der Waals surface area contributed by atoms with Gasteiger partial charge < -0.3 is 10.4 Å². The number of thiocarbonyl (C=S) groups is 1. The van der Waals surface area contributed by atoms with Gasteiger partial charge in [-0.2, -0.15) is 0 Å². The summed E-state index contributed by atoms with van der Waals surface area (Å²) in [7, 11) is 0. The fourth-order valence-electron chi connectivity index (χ4n) is 3.88. The minimum Gasteiger partial charge on any atom is -0.481 e. The van der Waals surface area contributed by atoms with Crippen LogP contribution >= 0.6 is 24.0 Å². The van der Waals surface area contributed by atoms with Gasteiger partial charge in [-0.05, 0) is 43.0 Å². The third-order valence-corrected chi connectivity index (χ3v) is 7.12. The summed E-state index contributed by atoms with van der Waals surface area (Å²) in [6, 6.07) is 15.3. The number of aliphatic carboxylic acids is 1. The molecule has 2 aromatic heterocycles. The quantitative estimate of drug-likeness (QED) is 0.219. The van der Waals surface area contributed by atoms with Crippen LogP contribution in [0.4, 0.5) is 5.82 Å². The molecule has 0 saturated carbocycles. The second-order valence-corrected chi connectivity index (χ2v) is 9.98. The molecule has 8 nitrogen and oxygen atoms in total. The van der Waals surface area contributed by atoms with Crippen LogP contribution in [0.1, 0.15) is 36.8 Å². The lowest BCUT2D eigenvalue weighted by Gasteiger charge is -2.14. The van der Waals surface area contributed by atoms with E-state index in [0.29, 0.717) is 58.6 Å². The number of aromatic nitrogens is 2. The van der Waals surface area contributed by atoms with Gasteiger partial charge in [0, 0.05) is 25.7 Å². The van der Waals surface area contributed by atoms with Gasteiger partial charge in [0.05, 0.1) is 10.5 Å². The highest BCUT2D eigenvalue weighted by atomic mass is 32.2. The molecule has 4 rings (SSSR count). The summed E-state index contributed by atoms with van der Waals surface area (Å²) in [5, 5.41) is 12.1. The van der Waals surface area contributed by atoms with Crippen LogP contribution in [0.25, 0.3) is 11.7 Å². The Bertz CT molecular complexity index is 1370. The van der Waals surface area contributed by atoms with E-state index in [1.165, 1.54) is 9.30 Å². The molecule has 0 aliphatic carbocycles. The number of carboxylic acids is 1. The van der Waals surface area contributed by atoms with Crippen molar-refractivity contribution >= 4 is 57.7 Å². The Hall–Kier alpha value is -3.50. The van der Waals surface area contributed by atoms with E-state index in [1.54, 1.807) is 24.4 Å². The highest BCUT2D eigenvalue weighted by Gasteiger charge is 2.32. The molecule has 0 atom stereocenters. The largest absolute Gasteiger partial charge is 0.481 e. The van der Waals surface area contributed by atoms with Gasteiger partial charge in [-0.3, -0.25) is 23.7 Å². The van der Waals surface area contributed by atoms with Crippen molar-refractivity contribution in [3.8, 4) is 0 Å². The van der Waals surface area contributed by atoms with Crippen molar-refractivity contribution in [3.05, 3.63) is 81.1 Å². The SMILES string of the molecule is O=C(O)CCCCCN1C(=O)C(=Cc2c(NCCc3ccccc3)nc3ccccn3c2=O)SC1=S. The molecule has 0 radical (unpaired) electrons. The van der Waals surface area contributed by atoms with Crippen molar-refractivity contribution in [2.75, 3.05) is 18.4 Å². The number of carbonyl (C=O) groups excluding carboxylic acids is 1. The first-order valence-electron chi connectivity index (χ1n) is 11.7. The Morgan fingerprint density at radius 2 is 1.86 bits per heavy atom. The number of anilines is 1. The van der Waals surface area contributed by atoms with E-state index >= 15 is 0 Å². The average Bonchev–Trinajstić information content (AvgIpc) is 3.13. The number of carbonyl (C=O) groups is 2. The maximum Gasteiger partial charge on any atom is 0.303 e. The van der Waals surface area contributed by atoms with Gasteiger partial charge in [-0.25, -0.2) is 4.98 Å². The van der Waals surface area contributed by atoms with Gasteiger partial charge in [0.1, 0.15) is 15.8 Å². The number of fused-ring (bicyclic) bond motifs is 1. The van der Waals surface area contributed by atoms with Crippen molar-refractivity contribution in [1.82, 2.24) is 14.3 Å². The van der Waals surface area contributed by atoms with E-state index < -0.39 is 5.97 Å². The summed E-state index contributed by atoms with van der Waals surface area (Å²) in [5.74, 6) is -0.663. The van der Waals surface area contributed by atoms with E-state index in [0.717, 1.165) is 23.7 Å². The minimum absolute atomic E-state index is 0.108. The Balaban J connectivity index is 1.55. The topological polar surface area (TPSA) is 104 Å². The maximum absolute atomic E-state index is 13.4. The Morgan fingerprint density at radius 3 is 2.64 bits per heavy atom. The van der Waals surface area contributed by atoms with Gasteiger partial charge in [0.2, 0.25) is 0 Å². The molecule has 186 valence electrons. The summed E-state index contributed by atoms with van der Waals surface area (Å²) in [4.78, 5) is 43.7. The number of nitrogens with one attached hydrogen (secondary N) is 1. The Labute approximate surface area is 218 Å². The second-order valence-electron chi connectivity index (χ2n) is 8.31. The molecule has 10 heteroatoms. The molecule has 1 aliphatic rings. The maximum atomic E-state index is 13.4. The lowest BCUT2D eigenvalue weighted by atomic mass is 10.1. The summed E-state index contributed by atoms with van der Waals surface area (Å²) in [6.07, 6.45) is 5.98. The van der Waals surface area contributed by atoms with Crippen molar-refractivity contribution in [2.24, 2.45) is 0 Å². The van der Waals surface area contributed by atoms with Crippen LogP contribution in [0, 0.1) is 0 Å². The summed E-state index contributed by atoms with van der Waals surface area (Å²) >= 11 is 6.58. The highest BCUT2D eigenvalue weighted by Crippen LogP contribution is 2.33. The summed E-state index contributed by atoms with van der Waals surface area (Å²) in [5.41, 5.74) is 1.69. The normalized spacial score (nSPS) is 14.7. The lowest BCUT2D eigenvalue weighted by Crippen LogP contribution is -2.29. The third kappa shape index (κ3) is 6.19. The molecule has 1 fully saturated rings. The number of nitrogens with zero attached hydrogens (tertiary/aromatic N) is 3. The molecule has 2 N–H and O–H groups in total. The number of carboxylic acid groups (broad SMARTS) is 1. The van der Waals surface area contributed by atoms with Crippen LogP contribution in [0.2, 0.25) is 0 Å². The molecule has 0 bridgehead atoms. The number of pyridine rings is 1. The molecular weight excluding hydrogens is 496 g/mol. The van der Waals surface area contributed by atoms with Gasteiger partial charge in [-0.15, -0.1) is 0 Å². The standard InChI is InChI=1S/C26H26N4O4S2/c31-22(32)12-5-2-7-16-30-25(34)20(36-26(30)35)17-19-23(27-14-13-18-9-3-1-4-10-18)28-21-11-6-8-15-29(21)24(19)33/h1,3-4,6,8-11,15,17,27H,2,5,7,12-14,16H2,(H,31,32). The van der Waals surface area contributed by atoms with Crippen LogP contribution in [0.5, 0.6) is 0 Å². The Kier molecular flexibility index (Phi) is 8.50. The zero-order chi connectivity index (χ0) is 25.5. The predicted octanol–water partition coefficient (Wildman–Crippen LogP) is 4.20. The van der Waals surface area contributed by atoms with Crippen LogP contribution in [-0.4, -0.2) is 48.7 Å². The zero-order valence-corrected chi connectivity index (χ0v) is 21.2. The summed E-state index contributed by atoms with van der Waals surface area (Å²) in [6.45, 7) is 0.983. The summed E-state index contributed by atoms with van der Waals surface area (Å²) < 4.78 is 1.88. The first-order chi connectivity index (χ1) is 17.4. The lowest BCUT2D eigenvalue weighted by molar-refractivity contribution is -0.137.